The Hall–Kier alpha value is -2.57. The van der Waals surface area contributed by atoms with Crippen LogP contribution in [0.2, 0.25) is 5.02 Å². The van der Waals surface area contributed by atoms with E-state index in [0.717, 1.165) is 6.42 Å². The van der Waals surface area contributed by atoms with Crippen molar-refractivity contribution in [2.45, 2.75) is 19.6 Å². The Morgan fingerprint density at radius 2 is 2.04 bits per heavy atom. The summed E-state index contributed by atoms with van der Waals surface area (Å²) >= 11 is 6.06. The molecule has 1 aliphatic rings. The van der Waals surface area contributed by atoms with E-state index in [2.05, 4.69) is 10.3 Å². The Bertz CT molecular complexity index is 824. The molecule has 7 heteroatoms. The van der Waals surface area contributed by atoms with Crippen molar-refractivity contribution in [3.05, 3.63) is 64.6 Å². The summed E-state index contributed by atoms with van der Waals surface area (Å²) in [5.74, 6) is -0.606. The van der Waals surface area contributed by atoms with Crippen molar-refractivity contribution in [1.82, 2.24) is 10.3 Å². The van der Waals surface area contributed by atoms with Crippen LogP contribution in [0.3, 0.4) is 0 Å². The van der Waals surface area contributed by atoms with E-state index >= 15 is 0 Å². The molecule has 1 aliphatic heterocycles. The maximum Gasteiger partial charge on any atom is 0.255 e. The third kappa shape index (κ3) is 3.31. The summed E-state index contributed by atoms with van der Waals surface area (Å²) in [5.41, 5.74) is 1.56. The number of aliphatic hydroxyl groups is 2. The van der Waals surface area contributed by atoms with E-state index in [9.17, 15) is 15.0 Å². The molecule has 2 aromatic rings. The van der Waals surface area contributed by atoms with Crippen LogP contribution in [-0.4, -0.2) is 33.9 Å². The van der Waals surface area contributed by atoms with E-state index in [-0.39, 0.29) is 11.5 Å². The topological polar surface area (TPSA) is 85.7 Å². The molecule has 1 unspecified atom stereocenters. The van der Waals surface area contributed by atoms with Gasteiger partial charge in [-0.15, -0.1) is 0 Å². The zero-order valence-electron chi connectivity index (χ0n) is 13.6. The average molecular weight is 360 g/mol. The number of halogens is 1. The molecule has 0 spiro atoms. The number of hydrogen-bond acceptors (Lipinski definition) is 5. The predicted molar refractivity (Wildman–Crippen MR) is 96.3 cm³/mol. The molecule has 0 radical (unpaired) electrons. The zero-order valence-corrected chi connectivity index (χ0v) is 14.4. The zero-order chi connectivity index (χ0) is 18.0. The van der Waals surface area contributed by atoms with Crippen LogP contribution in [0.5, 0.6) is 0 Å². The van der Waals surface area contributed by atoms with Gasteiger partial charge in [-0.3, -0.25) is 9.78 Å². The number of amides is 1. The van der Waals surface area contributed by atoms with Gasteiger partial charge in [0.2, 0.25) is 0 Å². The normalized spacial score (nSPS) is 16.6. The fraction of sp³-hybridized carbons (Fsp3) is 0.222. The summed E-state index contributed by atoms with van der Waals surface area (Å²) in [6, 6.07) is 8.12. The molecule has 1 amide bonds. The third-order valence-corrected chi connectivity index (χ3v) is 4.22. The lowest BCUT2D eigenvalue weighted by Crippen LogP contribution is -2.46. The molecule has 0 bridgehead atoms. The number of aliphatic hydroxyl groups excluding tert-OH is 2. The van der Waals surface area contributed by atoms with Crippen molar-refractivity contribution in [2.24, 2.45) is 0 Å². The number of anilines is 1. The number of aromatic nitrogens is 1. The first-order chi connectivity index (χ1) is 12.0. The van der Waals surface area contributed by atoms with Gasteiger partial charge in [0.05, 0.1) is 5.69 Å². The fourth-order valence-electron chi connectivity index (χ4n) is 2.80. The van der Waals surface area contributed by atoms with Crippen molar-refractivity contribution in [3.8, 4) is 0 Å². The van der Waals surface area contributed by atoms with E-state index in [0.29, 0.717) is 28.4 Å². The van der Waals surface area contributed by atoms with Crippen molar-refractivity contribution >= 4 is 29.0 Å². The fourth-order valence-corrected chi connectivity index (χ4v) is 2.97. The number of fused-ring (bicyclic) bond motifs is 1. The number of nitrogens with one attached hydrogen (secondary N) is 1. The molecule has 0 aliphatic carbocycles. The van der Waals surface area contributed by atoms with E-state index in [1.165, 1.54) is 12.4 Å². The highest BCUT2D eigenvalue weighted by Crippen LogP contribution is 2.37. The summed E-state index contributed by atoms with van der Waals surface area (Å²) in [5, 5.41) is 24.4. The summed E-state index contributed by atoms with van der Waals surface area (Å²) in [4.78, 5) is 18.0. The number of benzene rings is 1. The van der Waals surface area contributed by atoms with E-state index in [1.54, 1.807) is 35.2 Å². The first kappa shape index (κ1) is 17.3. The lowest BCUT2D eigenvalue weighted by atomic mass is 10.0. The molecule has 1 atom stereocenters. The van der Waals surface area contributed by atoms with Gasteiger partial charge < -0.3 is 20.4 Å². The number of hydrogen-bond donors (Lipinski definition) is 3. The van der Waals surface area contributed by atoms with Gasteiger partial charge in [-0.1, -0.05) is 18.5 Å². The van der Waals surface area contributed by atoms with Crippen LogP contribution in [0, 0.1) is 0 Å². The van der Waals surface area contributed by atoms with Gasteiger partial charge in [-0.2, -0.15) is 0 Å². The van der Waals surface area contributed by atoms with Crippen LogP contribution in [0.15, 0.2) is 48.4 Å². The Balaban J connectivity index is 2.01. The molecule has 25 heavy (non-hydrogen) atoms. The number of rotatable bonds is 4. The minimum atomic E-state index is -1.18. The van der Waals surface area contributed by atoms with Gasteiger partial charge in [-0.25, -0.2) is 0 Å². The molecule has 6 nitrogen and oxygen atoms in total. The van der Waals surface area contributed by atoms with Crippen LogP contribution in [0.4, 0.5) is 5.69 Å². The standard InChI is InChI=1S/C18H18ClN3O3/c1-2-9-22-14-10-12(19)3-4-13(14)16(23)15(18(22)25)21-17(24)11-5-7-20-8-6-11/h3-8,10,18,23,25H,2,9H2,1H3,(H,21,24). The SMILES string of the molecule is CCCN1c2cc(Cl)ccc2C(O)=C(NC(=O)c2ccncc2)C1O. The number of carbonyl (C=O) groups is 1. The van der Waals surface area contributed by atoms with Gasteiger partial charge in [0.1, 0.15) is 11.5 Å². The minimum Gasteiger partial charge on any atom is -0.505 e. The first-order valence-electron chi connectivity index (χ1n) is 7.92. The number of pyridine rings is 1. The largest absolute Gasteiger partial charge is 0.505 e. The summed E-state index contributed by atoms with van der Waals surface area (Å²) in [6.07, 6.45) is 2.59. The molecular weight excluding hydrogens is 342 g/mol. The van der Waals surface area contributed by atoms with Crippen LogP contribution >= 0.6 is 11.6 Å². The van der Waals surface area contributed by atoms with Gasteiger partial charge in [0.25, 0.3) is 5.91 Å². The second kappa shape index (κ2) is 7.13. The van der Waals surface area contributed by atoms with Crippen LogP contribution < -0.4 is 10.2 Å². The van der Waals surface area contributed by atoms with Crippen LogP contribution in [-0.2, 0) is 0 Å². The van der Waals surface area contributed by atoms with Gasteiger partial charge in [-0.05, 0) is 36.8 Å². The third-order valence-electron chi connectivity index (χ3n) is 3.99. The van der Waals surface area contributed by atoms with Crippen molar-refractivity contribution in [3.63, 3.8) is 0 Å². The lowest BCUT2D eigenvalue weighted by Gasteiger charge is -2.37. The molecule has 1 aromatic carbocycles. The quantitative estimate of drug-likeness (QED) is 0.781. The predicted octanol–water partition coefficient (Wildman–Crippen LogP) is 2.94. The monoisotopic (exact) mass is 359 g/mol. The smallest absolute Gasteiger partial charge is 0.255 e. The summed E-state index contributed by atoms with van der Waals surface area (Å²) in [6.45, 7) is 2.51. The Morgan fingerprint density at radius 3 is 2.72 bits per heavy atom. The van der Waals surface area contributed by atoms with E-state index in [1.807, 2.05) is 6.92 Å². The van der Waals surface area contributed by atoms with Crippen LogP contribution in [0.1, 0.15) is 29.3 Å². The minimum absolute atomic E-state index is 0.0464. The van der Waals surface area contributed by atoms with Gasteiger partial charge in [0.15, 0.2) is 6.23 Å². The molecule has 1 aromatic heterocycles. The summed E-state index contributed by atoms with van der Waals surface area (Å²) < 4.78 is 0. The summed E-state index contributed by atoms with van der Waals surface area (Å²) in [7, 11) is 0. The second-order valence-corrected chi connectivity index (χ2v) is 6.12. The average Bonchev–Trinajstić information content (AvgIpc) is 2.62. The highest BCUT2D eigenvalue weighted by atomic mass is 35.5. The Morgan fingerprint density at radius 1 is 1.32 bits per heavy atom. The Kier molecular flexibility index (Phi) is 4.92. The van der Waals surface area contributed by atoms with E-state index in [4.69, 9.17) is 11.6 Å². The van der Waals surface area contributed by atoms with Crippen molar-refractivity contribution < 1.29 is 15.0 Å². The van der Waals surface area contributed by atoms with Gasteiger partial charge in [0, 0.05) is 35.1 Å². The maximum absolute atomic E-state index is 12.4. The molecule has 130 valence electrons. The van der Waals surface area contributed by atoms with Crippen molar-refractivity contribution in [1.29, 1.82) is 0 Å². The highest BCUT2D eigenvalue weighted by Gasteiger charge is 2.33. The molecule has 3 rings (SSSR count). The van der Waals surface area contributed by atoms with Crippen LogP contribution in [0.25, 0.3) is 5.76 Å². The lowest BCUT2D eigenvalue weighted by molar-refractivity contribution is 0.0944. The highest BCUT2D eigenvalue weighted by molar-refractivity contribution is 6.31. The molecule has 0 saturated carbocycles. The molecule has 0 fully saturated rings. The van der Waals surface area contributed by atoms with Gasteiger partial charge >= 0.3 is 0 Å². The molecule has 2 heterocycles. The second-order valence-electron chi connectivity index (χ2n) is 5.68. The van der Waals surface area contributed by atoms with Crippen molar-refractivity contribution in [2.75, 3.05) is 11.4 Å². The maximum atomic E-state index is 12.4. The molecular formula is C18H18ClN3O3. The molecule has 0 saturated heterocycles. The first-order valence-corrected chi connectivity index (χ1v) is 8.30. The molecule has 3 N–H and O–H groups in total. The number of carbonyl (C=O) groups excluding carboxylic acids is 1. The Labute approximate surface area is 150 Å². The van der Waals surface area contributed by atoms with E-state index < -0.39 is 12.1 Å². The number of nitrogens with zero attached hydrogens (tertiary/aromatic N) is 2.